The van der Waals surface area contributed by atoms with Gasteiger partial charge in [0.2, 0.25) is 0 Å². The fourth-order valence-corrected chi connectivity index (χ4v) is 3.60. The lowest BCUT2D eigenvalue weighted by atomic mass is 10.1. The van der Waals surface area contributed by atoms with Crippen molar-refractivity contribution in [3.8, 4) is 5.75 Å². The molecule has 1 saturated heterocycles. The van der Waals surface area contributed by atoms with Gasteiger partial charge >= 0.3 is 0 Å². The van der Waals surface area contributed by atoms with Crippen molar-refractivity contribution in [2.24, 2.45) is 0 Å². The van der Waals surface area contributed by atoms with Crippen LogP contribution in [0.25, 0.3) is 5.03 Å². The van der Waals surface area contributed by atoms with Gasteiger partial charge in [-0.2, -0.15) is 0 Å². The summed E-state index contributed by atoms with van der Waals surface area (Å²) in [5.74, 6) is -1.00. The van der Waals surface area contributed by atoms with Crippen molar-refractivity contribution >= 4 is 34.1 Å². The van der Waals surface area contributed by atoms with E-state index in [2.05, 4.69) is 5.32 Å². The average Bonchev–Trinajstić information content (AvgIpc) is 2.82. The first kappa shape index (κ1) is 22.3. The molecule has 0 radical (unpaired) electrons. The van der Waals surface area contributed by atoms with Crippen molar-refractivity contribution in [3.63, 3.8) is 0 Å². The largest absolute Gasteiger partial charge is 0.496 e. The minimum Gasteiger partial charge on any atom is -0.496 e. The predicted octanol–water partition coefficient (Wildman–Crippen LogP) is 3.95. The summed E-state index contributed by atoms with van der Waals surface area (Å²) in [6, 6.07) is 12.5. The van der Waals surface area contributed by atoms with Crippen LogP contribution in [-0.2, 0) is 4.79 Å². The third-order valence-corrected chi connectivity index (χ3v) is 5.39. The number of benzene rings is 2. The van der Waals surface area contributed by atoms with E-state index in [4.69, 9.17) is 16.3 Å². The standard InChI is InChI=1S/C22H22ClN3O5/c1-31-18-14-16(26(29)30)10-11-17(18)21(27)24-20(19(23)15-8-4-2-5-9-15)22(28)25-12-6-3-7-13-25/h2,4-5,8-11,14H,3,6-7,12-13H2,1H3,(H,24,27)/b20-19-. The molecule has 1 aliphatic rings. The molecule has 0 aliphatic carbocycles. The molecule has 0 aromatic heterocycles. The number of nitro benzene ring substituents is 1. The minimum atomic E-state index is -0.652. The summed E-state index contributed by atoms with van der Waals surface area (Å²) in [6.45, 7) is 1.16. The number of rotatable bonds is 6. The topological polar surface area (TPSA) is 102 Å². The van der Waals surface area contributed by atoms with Gasteiger partial charge in [0.1, 0.15) is 11.4 Å². The van der Waals surface area contributed by atoms with E-state index >= 15 is 0 Å². The molecule has 31 heavy (non-hydrogen) atoms. The van der Waals surface area contributed by atoms with Gasteiger partial charge in [-0.25, -0.2) is 0 Å². The third kappa shape index (κ3) is 5.21. The normalized spacial score (nSPS) is 14.5. The zero-order valence-electron chi connectivity index (χ0n) is 17.0. The molecule has 0 saturated carbocycles. The van der Waals surface area contributed by atoms with Crippen molar-refractivity contribution in [3.05, 3.63) is 75.5 Å². The van der Waals surface area contributed by atoms with E-state index in [0.29, 0.717) is 18.7 Å². The zero-order chi connectivity index (χ0) is 22.4. The number of carbonyl (C=O) groups excluding carboxylic acids is 2. The molecule has 1 heterocycles. The van der Waals surface area contributed by atoms with Gasteiger partial charge in [-0.3, -0.25) is 19.7 Å². The highest BCUT2D eigenvalue weighted by molar-refractivity contribution is 6.51. The summed E-state index contributed by atoms with van der Waals surface area (Å²) in [5, 5.41) is 13.7. The first-order chi connectivity index (χ1) is 14.9. The van der Waals surface area contributed by atoms with Crippen LogP contribution in [-0.4, -0.2) is 41.8 Å². The van der Waals surface area contributed by atoms with Crippen molar-refractivity contribution in [1.29, 1.82) is 0 Å². The lowest BCUT2D eigenvalue weighted by Gasteiger charge is -2.28. The number of non-ortho nitro benzene ring substituents is 1. The van der Waals surface area contributed by atoms with Crippen LogP contribution in [0, 0.1) is 10.1 Å². The lowest BCUT2D eigenvalue weighted by molar-refractivity contribution is -0.384. The van der Waals surface area contributed by atoms with E-state index in [9.17, 15) is 19.7 Å². The number of carbonyl (C=O) groups is 2. The Morgan fingerprint density at radius 3 is 2.39 bits per heavy atom. The summed E-state index contributed by atoms with van der Waals surface area (Å²) in [7, 11) is 1.31. The predicted molar refractivity (Wildman–Crippen MR) is 117 cm³/mol. The highest BCUT2D eigenvalue weighted by Crippen LogP contribution is 2.27. The molecule has 2 aromatic rings. The fraction of sp³-hybridized carbons (Fsp3) is 0.273. The first-order valence-electron chi connectivity index (χ1n) is 9.80. The summed E-state index contributed by atoms with van der Waals surface area (Å²) in [4.78, 5) is 38.3. The monoisotopic (exact) mass is 443 g/mol. The molecule has 0 atom stereocenters. The van der Waals surface area contributed by atoms with Gasteiger partial charge < -0.3 is 15.0 Å². The van der Waals surface area contributed by atoms with E-state index in [1.54, 1.807) is 29.2 Å². The molecular weight excluding hydrogens is 422 g/mol. The Labute approximate surface area is 184 Å². The maximum Gasteiger partial charge on any atom is 0.273 e. The van der Waals surface area contributed by atoms with Gasteiger partial charge in [0.15, 0.2) is 0 Å². The van der Waals surface area contributed by atoms with Crippen LogP contribution in [0.2, 0.25) is 0 Å². The Balaban J connectivity index is 1.98. The van der Waals surface area contributed by atoms with Gasteiger partial charge in [-0.15, -0.1) is 0 Å². The number of amides is 2. The molecule has 8 nitrogen and oxygen atoms in total. The van der Waals surface area contributed by atoms with Gasteiger partial charge in [-0.05, 0) is 30.9 Å². The molecule has 1 N–H and O–H groups in total. The number of piperidine rings is 1. The van der Waals surface area contributed by atoms with E-state index in [1.165, 1.54) is 19.2 Å². The molecule has 0 spiro atoms. The number of likely N-dealkylation sites (tertiary alicyclic amines) is 1. The molecule has 2 aromatic carbocycles. The van der Waals surface area contributed by atoms with Crippen LogP contribution < -0.4 is 10.1 Å². The molecule has 3 rings (SSSR count). The number of halogens is 1. The van der Waals surface area contributed by atoms with Crippen LogP contribution in [0.3, 0.4) is 0 Å². The van der Waals surface area contributed by atoms with E-state index in [-0.39, 0.29) is 33.6 Å². The number of hydrogen-bond donors (Lipinski definition) is 1. The van der Waals surface area contributed by atoms with Crippen LogP contribution >= 0.6 is 11.6 Å². The number of nitrogens with zero attached hydrogens (tertiary/aromatic N) is 2. The van der Waals surface area contributed by atoms with Crippen LogP contribution in [0.5, 0.6) is 5.75 Å². The lowest BCUT2D eigenvalue weighted by Crippen LogP contribution is -2.41. The maximum atomic E-state index is 13.2. The number of ether oxygens (including phenoxy) is 1. The van der Waals surface area contributed by atoms with Gasteiger partial charge in [0, 0.05) is 19.2 Å². The Morgan fingerprint density at radius 1 is 1.10 bits per heavy atom. The molecule has 1 aliphatic heterocycles. The summed E-state index contributed by atoms with van der Waals surface area (Å²) < 4.78 is 5.15. The van der Waals surface area contributed by atoms with Crippen LogP contribution in [0.1, 0.15) is 35.2 Å². The van der Waals surface area contributed by atoms with Crippen LogP contribution in [0.4, 0.5) is 5.69 Å². The van der Waals surface area contributed by atoms with Crippen LogP contribution in [0.15, 0.2) is 54.2 Å². The molecule has 0 bridgehead atoms. The Kier molecular flexibility index (Phi) is 7.25. The highest BCUT2D eigenvalue weighted by atomic mass is 35.5. The zero-order valence-corrected chi connectivity index (χ0v) is 17.7. The Morgan fingerprint density at radius 2 is 1.77 bits per heavy atom. The van der Waals surface area contributed by atoms with Gasteiger partial charge in [0.05, 0.1) is 28.7 Å². The summed E-state index contributed by atoms with van der Waals surface area (Å²) in [5.41, 5.74) is 0.381. The molecular formula is C22H22ClN3O5. The second-order valence-corrected chi connectivity index (χ2v) is 7.38. The van der Waals surface area contributed by atoms with Crippen molar-refractivity contribution in [1.82, 2.24) is 10.2 Å². The number of nitro groups is 1. The Bertz CT molecular complexity index is 1020. The number of methoxy groups -OCH3 is 1. The SMILES string of the molecule is COc1cc([N+](=O)[O-])ccc1C(=O)N/C(C(=O)N1CCCCC1)=C(\Cl)c1ccccc1. The molecule has 2 amide bonds. The first-order valence-corrected chi connectivity index (χ1v) is 10.2. The number of hydrogen-bond acceptors (Lipinski definition) is 5. The molecule has 9 heteroatoms. The van der Waals surface area contributed by atoms with Crippen molar-refractivity contribution < 1.29 is 19.2 Å². The highest BCUT2D eigenvalue weighted by Gasteiger charge is 2.27. The Hall–Kier alpha value is -3.39. The second kappa shape index (κ2) is 10.1. The van der Waals surface area contributed by atoms with Gasteiger partial charge in [-0.1, -0.05) is 41.9 Å². The van der Waals surface area contributed by atoms with Gasteiger partial charge in [0.25, 0.3) is 17.5 Å². The second-order valence-electron chi connectivity index (χ2n) is 7.00. The smallest absolute Gasteiger partial charge is 0.273 e. The minimum absolute atomic E-state index is 0.0207. The summed E-state index contributed by atoms with van der Waals surface area (Å²) in [6.07, 6.45) is 2.81. The average molecular weight is 444 g/mol. The van der Waals surface area contributed by atoms with E-state index in [1.807, 2.05) is 6.07 Å². The van der Waals surface area contributed by atoms with E-state index < -0.39 is 10.8 Å². The quantitative estimate of drug-likeness (QED) is 0.413. The van der Waals surface area contributed by atoms with Crippen molar-refractivity contribution in [2.45, 2.75) is 19.3 Å². The molecule has 162 valence electrons. The number of nitrogens with one attached hydrogen (secondary N) is 1. The van der Waals surface area contributed by atoms with E-state index in [0.717, 1.165) is 25.3 Å². The molecule has 1 fully saturated rings. The summed E-state index contributed by atoms with van der Waals surface area (Å²) >= 11 is 6.56. The third-order valence-electron chi connectivity index (χ3n) is 4.98. The fourth-order valence-electron chi connectivity index (χ4n) is 3.35. The maximum absolute atomic E-state index is 13.2. The molecule has 0 unspecified atom stereocenters. The van der Waals surface area contributed by atoms with Crippen molar-refractivity contribution in [2.75, 3.05) is 20.2 Å².